The van der Waals surface area contributed by atoms with E-state index < -0.39 is 12.0 Å². The van der Waals surface area contributed by atoms with E-state index in [4.69, 9.17) is 5.11 Å². The summed E-state index contributed by atoms with van der Waals surface area (Å²) in [6, 6.07) is 1.29. The number of carboxylic acids is 1. The Morgan fingerprint density at radius 2 is 2.31 bits per heavy atom. The number of likely N-dealkylation sites (N-methyl/N-ethyl adjacent to an activating group) is 1. The van der Waals surface area contributed by atoms with Crippen LogP contribution in [0.2, 0.25) is 0 Å². The van der Waals surface area contributed by atoms with E-state index in [1.165, 1.54) is 17.7 Å². The van der Waals surface area contributed by atoms with Crippen LogP contribution in [0.4, 0.5) is 5.82 Å². The molecule has 0 radical (unpaired) electrons. The van der Waals surface area contributed by atoms with Crippen molar-refractivity contribution in [2.75, 3.05) is 11.9 Å². The monoisotopic (exact) mass is 237 g/mol. The Morgan fingerprint density at radius 1 is 1.56 bits per heavy atom. The fourth-order valence-corrected chi connectivity index (χ4v) is 2.13. The summed E-state index contributed by atoms with van der Waals surface area (Å²) in [4.78, 5) is 21.7. The molecular weight excluding hydrogens is 226 g/mol. The van der Waals surface area contributed by atoms with Gasteiger partial charge in [0.15, 0.2) is 0 Å². The summed E-state index contributed by atoms with van der Waals surface area (Å²) in [5.74, 6) is -0.217. The third-order valence-corrected chi connectivity index (χ3v) is 3.33. The number of aromatic nitrogens is 2. The Balaban J connectivity index is 2.46. The zero-order valence-corrected chi connectivity index (χ0v) is 9.73. The smallest absolute Gasteiger partial charge is 0.326 e. The molecule has 1 N–H and O–H groups in total. The SMILES string of the molecule is CC(C(=O)O)N(C)c1ncnc2sccc12. The number of thiophene rings is 1. The maximum absolute atomic E-state index is 10.9. The average molecular weight is 237 g/mol. The van der Waals surface area contributed by atoms with Gasteiger partial charge in [-0.15, -0.1) is 11.3 Å². The van der Waals surface area contributed by atoms with Crippen molar-refractivity contribution in [3.63, 3.8) is 0 Å². The summed E-state index contributed by atoms with van der Waals surface area (Å²) in [5, 5.41) is 11.8. The first-order chi connectivity index (χ1) is 7.61. The molecule has 2 rings (SSSR count). The van der Waals surface area contributed by atoms with E-state index in [2.05, 4.69) is 9.97 Å². The van der Waals surface area contributed by atoms with Gasteiger partial charge in [-0.3, -0.25) is 0 Å². The number of carbonyl (C=O) groups is 1. The lowest BCUT2D eigenvalue weighted by atomic mass is 10.2. The van der Waals surface area contributed by atoms with Crippen LogP contribution < -0.4 is 4.90 Å². The van der Waals surface area contributed by atoms with Gasteiger partial charge in [0, 0.05) is 7.05 Å². The topological polar surface area (TPSA) is 66.3 Å². The lowest BCUT2D eigenvalue weighted by Crippen LogP contribution is -2.36. The maximum atomic E-state index is 10.9. The van der Waals surface area contributed by atoms with Crippen LogP contribution in [0.25, 0.3) is 10.2 Å². The maximum Gasteiger partial charge on any atom is 0.326 e. The number of carboxylic acid groups (broad SMARTS) is 1. The minimum atomic E-state index is -0.871. The molecule has 0 aliphatic heterocycles. The Morgan fingerprint density at radius 3 is 3.00 bits per heavy atom. The molecule has 1 unspecified atom stereocenters. The molecule has 0 amide bonds. The van der Waals surface area contributed by atoms with Crippen LogP contribution in [-0.2, 0) is 4.79 Å². The fourth-order valence-electron chi connectivity index (χ4n) is 1.41. The molecule has 0 saturated heterocycles. The van der Waals surface area contributed by atoms with E-state index in [1.54, 1.807) is 18.9 Å². The average Bonchev–Trinajstić information content (AvgIpc) is 2.74. The van der Waals surface area contributed by atoms with Gasteiger partial charge in [-0.05, 0) is 18.4 Å². The van der Waals surface area contributed by atoms with Gasteiger partial charge in [-0.2, -0.15) is 0 Å². The molecule has 0 aromatic carbocycles. The molecule has 6 heteroatoms. The van der Waals surface area contributed by atoms with E-state index in [9.17, 15) is 4.79 Å². The Bertz CT molecular complexity index is 526. The molecule has 2 aromatic heterocycles. The highest BCUT2D eigenvalue weighted by Crippen LogP contribution is 2.26. The van der Waals surface area contributed by atoms with Crippen molar-refractivity contribution in [3.8, 4) is 0 Å². The molecule has 16 heavy (non-hydrogen) atoms. The van der Waals surface area contributed by atoms with E-state index in [0.29, 0.717) is 5.82 Å². The van der Waals surface area contributed by atoms with Crippen LogP contribution >= 0.6 is 11.3 Å². The molecule has 0 saturated carbocycles. The van der Waals surface area contributed by atoms with Gasteiger partial charge in [0.1, 0.15) is 23.0 Å². The number of anilines is 1. The molecule has 2 heterocycles. The molecule has 0 aliphatic rings. The van der Waals surface area contributed by atoms with Crippen molar-refractivity contribution in [1.29, 1.82) is 0 Å². The minimum Gasteiger partial charge on any atom is -0.480 e. The second-order valence-corrected chi connectivity index (χ2v) is 4.36. The standard InChI is InChI=1S/C10H11N3O2S/c1-6(10(14)15)13(2)8-7-3-4-16-9(7)12-5-11-8/h3-6H,1-2H3,(H,14,15). The predicted molar refractivity (Wildman–Crippen MR) is 62.9 cm³/mol. The molecule has 0 bridgehead atoms. The number of rotatable bonds is 3. The molecule has 5 nitrogen and oxygen atoms in total. The summed E-state index contributed by atoms with van der Waals surface area (Å²) in [6.45, 7) is 1.63. The molecule has 1 atom stereocenters. The highest BCUT2D eigenvalue weighted by Gasteiger charge is 2.20. The summed E-state index contributed by atoms with van der Waals surface area (Å²) >= 11 is 1.51. The molecular formula is C10H11N3O2S. The second kappa shape index (κ2) is 4.05. The second-order valence-electron chi connectivity index (χ2n) is 3.46. The lowest BCUT2D eigenvalue weighted by Gasteiger charge is -2.22. The third-order valence-electron chi connectivity index (χ3n) is 2.51. The van der Waals surface area contributed by atoms with Crippen LogP contribution in [0.15, 0.2) is 17.8 Å². The Kier molecular flexibility index (Phi) is 2.74. The normalized spacial score (nSPS) is 12.6. The summed E-state index contributed by atoms with van der Waals surface area (Å²) in [6.07, 6.45) is 1.46. The van der Waals surface area contributed by atoms with Gasteiger partial charge in [0.05, 0.1) is 5.39 Å². The number of fused-ring (bicyclic) bond motifs is 1. The van der Waals surface area contributed by atoms with Crippen molar-refractivity contribution in [2.24, 2.45) is 0 Å². The van der Waals surface area contributed by atoms with E-state index in [1.807, 2.05) is 11.4 Å². The molecule has 0 spiro atoms. The number of nitrogens with zero attached hydrogens (tertiary/aromatic N) is 3. The predicted octanol–water partition coefficient (Wildman–Crippen LogP) is 1.60. The van der Waals surface area contributed by atoms with Crippen LogP contribution in [0, 0.1) is 0 Å². The number of hydrogen-bond donors (Lipinski definition) is 1. The van der Waals surface area contributed by atoms with Crippen LogP contribution in [0.1, 0.15) is 6.92 Å². The Labute approximate surface area is 96.4 Å². The fraction of sp³-hybridized carbons (Fsp3) is 0.300. The summed E-state index contributed by atoms with van der Waals surface area (Å²) in [7, 11) is 1.72. The molecule has 0 aliphatic carbocycles. The van der Waals surface area contributed by atoms with Gasteiger partial charge >= 0.3 is 5.97 Å². The highest BCUT2D eigenvalue weighted by molar-refractivity contribution is 7.16. The van der Waals surface area contributed by atoms with Gasteiger partial charge in [0.2, 0.25) is 0 Å². The van der Waals surface area contributed by atoms with Gasteiger partial charge < -0.3 is 10.0 Å². The van der Waals surface area contributed by atoms with Crippen LogP contribution in [0.5, 0.6) is 0 Å². The zero-order valence-electron chi connectivity index (χ0n) is 8.91. The molecule has 84 valence electrons. The third kappa shape index (κ3) is 1.71. The summed E-state index contributed by atoms with van der Waals surface area (Å²) in [5.41, 5.74) is 0. The first-order valence-electron chi connectivity index (χ1n) is 4.75. The van der Waals surface area contributed by atoms with Gasteiger partial charge in [-0.25, -0.2) is 14.8 Å². The van der Waals surface area contributed by atoms with E-state index in [-0.39, 0.29) is 0 Å². The van der Waals surface area contributed by atoms with Crippen molar-refractivity contribution < 1.29 is 9.90 Å². The first kappa shape index (κ1) is 10.8. The Hall–Kier alpha value is -1.69. The molecule has 0 fully saturated rings. The van der Waals surface area contributed by atoms with Crippen molar-refractivity contribution in [2.45, 2.75) is 13.0 Å². The van der Waals surface area contributed by atoms with Gasteiger partial charge in [-0.1, -0.05) is 0 Å². The largest absolute Gasteiger partial charge is 0.480 e. The van der Waals surface area contributed by atoms with Crippen molar-refractivity contribution in [3.05, 3.63) is 17.8 Å². The van der Waals surface area contributed by atoms with E-state index >= 15 is 0 Å². The van der Waals surface area contributed by atoms with Crippen LogP contribution in [0.3, 0.4) is 0 Å². The minimum absolute atomic E-state index is 0.613. The van der Waals surface area contributed by atoms with Crippen molar-refractivity contribution in [1.82, 2.24) is 9.97 Å². The highest BCUT2D eigenvalue weighted by atomic mass is 32.1. The lowest BCUT2D eigenvalue weighted by molar-refractivity contribution is -0.138. The first-order valence-corrected chi connectivity index (χ1v) is 5.63. The van der Waals surface area contributed by atoms with E-state index in [0.717, 1.165) is 10.2 Å². The van der Waals surface area contributed by atoms with Gasteiger partial charge in [0.25, 0.3) is 0 Å². The number of hydrogen-bond acceptors (Lipinski definition) is 5. The molecule has 2 aromatic rings. The number of aliphatic carboxylic acids is 1. The zero-order chi connectivity index (χ0) is 11.7. The van der Waals surface area contributed by atoms with Crippen LogP contribution in [-0.4, -0.2) is 34.1 Å². The van der Waals surface area contributed by atoms with Crippen molar-refractivity contribution >= 4 is 33.3 Å². The summed E-state index contributed by atoms with van der Waals surface area (Å²) < 4.78 is 0. The quantitative estimate of drug-likeness (QED) is 0.878.